The molecular formula is C20H17BrFN3O2S. The Balaban J connectivity index is 1.64. The molecule has 0 saturated heterocycles. The highest BCUT2D eigenvalue weighted by molar-refractivity contribution is 9.10. The van der Waals surface area contributed by atoms with Gasteiger partial charge in [0.15, 0.2) is 0 Å². The summed E-state index contributed by atoms with van der Waals surface area (Å²) in [5.41, 5.74) is 2.59. The summed E-state index contributed by atoms with van der Waals surface area (Å²) in [5, 5.41) is 5.05. The van der Waals surface area contributed by atoms with Crippen LogP contribution in [0.3, 0.4) is 0 Å². The molecule has 0 spiro atoms. The first-order chi connectivity index (χ1) is 13.3. The molecule has 144 valence electrons. The molecule has 0 atom stereocenters. The highest BCUT2D eigenvalue weighted by Gasteiger charge is 2.19. The molecule has 2 aromatic carbocycles. The standard InChI is InChI=1S/C20H17BrFN3O2S/c1-12-9-14(21)5-8-16(12)23-18(26)10-25(2)20(27)17-11-28-19(24-17)13-3-6-15(22)7-4-13/h3-9,11H,10H2,1-2H3,(H,23,26). The lowest BCUT2D eigenvalue weighted by atomic mass is 10.2. The number of carbonyl (C=O) groups excluding carboxylic acids is 2. The van der Waals surface area contributed by atoms with Crippen molar-refractivity contribution in [3.05, 3.63) is 69.4 Å². The van der Waals surface area contributed by atoms with Crippen LogP contribution in [0.15, 0.2) is 52.3 Å². The second kappa shape index (κ2) is 8.62. The highest BCUT2D eigenvalue weighted by atomic mass is 79.9. The first-order valence-corrected chi connectivity index (χ1v) is 10.0. The van der Waals surface area contributed by atoms with Crippen molar-refractivity contribution in [3.8, 4) is 10.6 Å². The van der Waals surface area contributed by atoms with Gasteiger partial charge >= 0.3 is 0 Å². The van der Waals surface area contributed by atoms with Crippen LogP contribution in [0.2, 0.25) is 0 Å². The van der Waals surface area contributed by atoms with E-state index in [0.29, 0.717) is 10.7 Å². The van der Waals surface area contributed by atoms with Crippen LogP contribution >= 0.6 is 27.3 Å². The molecule has 0 bridgehead atoms. The van der Waals surface area contributed by atoms with E-state index in [1.54, 1.807) is 30.6 Å². The summed E-state index contributed by atoms with van der Waals surface area (Å²) < 4.78 is 14.0. The van der Waals surface area contributed by atoms with Crippen LogP contribution in [0.25, 0.3) is 10.6 Å². The SMILES string of the molecule is Cc1cc(Br)ccc1NC(=O)CN(C)C(=O)c1csc(-c2ccc(F)cc2)n1. The van der Waals surface area contributed by atoms with E-state index in [1.807, 2.05) is 19.1 Å². The maximum atomic E-state index is 13.0. The van der Waals surface area contributed by atoms with Gasteiger partial charge in [-0.1, -0.05) is 15.9 Å². The highest BCUT2D eigenvalue weighted by Crippen LogP contribution is 2.24. The van der Waals surface area contributed by atoms with E-state index in [2.05, 4.69) is 26.2 Å². The second-order valence-corrected chi connectivity index (χ2v) is 7.99. The number of likely N-dealkylation sites (N-methyl/N-ethyl adjacent to an activating group) is 1. The van der Waals surface area contributed by atoms with E-state index in [-0.39, 0.29) is 29.9 Å². The van der Waals surface area contributed by atoms with Crippen molar-refractivity contribution in [2.75, 3.05) is 18.9 Å². The first-order valence-electron chi connectivity index (χ1n) is 8.36. The molecule has 1 heterocycles. The lowest BCUT2D eigenvalue weighted by molar-refractivity contribution is -0.116. The molecule has 0 fully saturated rings. The van der Waals surface area contributed by atoms with E-state index < -0.39 is 0 Å². The molecular weight excluding hydrogens is 445 g/mol. The monoisotopic (exact) mass is 461 g/mol. The number of nitrogens with zero attached hydrogens (tertiary/aromatic N) is 2. The number of nitrogens with one attached hydrogen (secondary N) is 1. The number of hydrogen-bond acceptors (Lipinski definition) is 4. The zero-order valence-corrected chi connectivity index (χ0v) is 17.6. The number of aromatic nitrogens is 1. The summed E-state index contributed by atoms with van der Waals surface area (Å²) in [6, 6.07) is 11.5. The summed E-state index contributed by atoms with van der Waals surface area (Å²) in [6.07, 6.45) is 0. The van der Waals surface area contributed by atoms with Crippen LogP contribution in [0.1, 0.15) is 16.1 Å². The molecule has 1 aromatic heterocycles. The van der Waals surface area contributed by atoms with Gasteiger partial charge in [-0.3, -0.25) is 9.59 Å². The molecule has 0 aliphatic heterocycles. The van der Waals surface area contributed by atoms with E-state index in [1.165, 1.54) is 28.4 Å². The average Bonchev–Trinajstić information content (AvgIpc) is 3.14. The summed E-state index contributed by atoms with van der Waals surface area (Å²) >= 11 is 4.67. The summed E-state index contributed by atoms with van der Waals surface area (Å²) in [4.78, 5) is 30.5. The number of amides is 2. The Morgan fingerprint density at radius 1 is 1.21 bits per heavy atom. The van der Waals surface area contributed by atoms with Crippen LogP contribution < -0.4 is 5.32 Å². The summed E-state index contributed by atoms with van der Waals surface area (Å²) in [6.45, 7) is 1.79. The fourth-order valence-electron chi connectivity index (χ4n) is 2.54. The summed E-state index contributed by atoms with van der Waals surface area (Å²) in [7, 11) is 1.55. The Morgan fingerprint density at radius 2 is 1.93 bits per heavy atom. The van der Waals surface area contributed by atoms with Crippen molar-refractivity contribution in [3.63, 3.8) is 0 Å². The zero-order valence-electron chi connectivity index (χ0n) is 15.2. The zero-order chi connectivity index (χ0) is 20.3. The van der Waals surface area contributed by atoms with Gasteiger partial charge in [-0.25, -0.2) is 9.37 Å². The predicted molar refractivity (Wildman–Crippen MR) is 112 cm³/mol. The van der Waals surface area contributed by atoms with Crippen LogP contribution in [-0.4, -0.2) is 35.3 Å². The largest absolute Gasteiger partial charge is 0.331 e. The van der Waals surface area contributed by atoms with Crippen LogP contribution in [-0.2, 0) is 4.79 Å². The van der Waals surface area contributed by atoms with Crippen LogP contribution in [0.5, 0.6) is 0 Å². The third-order valence-corrected chi connectivity index (χ3v) is 5.39. The molecule has 3 rings (SSSR count). The molecule has 3 aromatic rings. The molecule has 0 aliphatic carbocycles. The molecule has 1 N–H and O–H groups in total. The number of halogens is 2. The van der Waals surface area contributed by atoms with Gasteiger partial charge in [0.1, 0.15) is 16.5 Å². The molecule has 8 heteroatoms. The van der Waals surface area contributed by atoms with Gasteiger partial charge in [0.2, 0.25) is 5.91 Å². The van der Waals surface area contributed by atoms with Gasteiger partial charge in [-0.05, 0) is 55.0 Å². The first kappa shape index (κ1) is 20.2. The Labute approximate surface area is 174 Å². The number of hydrogen-bond donors (Lipinski definition) is 1. The van der Waals surface area contributed by atoms with Gasteiger partial charge in [-0.15, -0.1) is 11.3 Å². The van der Waals surface area contributed by atoms with Gasteiger partial charge in [0.25, 0.3) is 5.91 Å². The number of aryl methyl sites for hydroxylation is 1. The van der Waals surface area contributed by atoms with E-state index in [0.717, 1.165) is 15.6 Å². The van der Waals surface area contributed by atoms with E-state index in [9.17, 15) is 14.0 Å². The number of benzene rings is 2. The van der Waals surface area contributed by atoms with Gasteiger partial charge in [0, 0.05) is 28.2 Å². The average molecular weight is 462 g/mol. The van der Waals surface area contributed by atoms with Crippen LogP contribution in [0, 0.1) is 12.7 Å². The third kappa shape index (κ3) is 4.82. The normalized spacial score (nSPS) is 10.6. The molecule has 0 aliphatic rings. The maximum Gasteiger partial charge on any atom is 0.273 e. The van der Waals surface area contributed by atoms with Crippen molar-refractivity contribution in [1.29, 1.82) is 0 Å². The lowest BCUT2D eigenvalue weighted by Crippen LogP contribution is -2.35. The Kier molecular flexibility index (Phi) is 6.21. The number of thiazole rings is 1. The molecule has 28 heavy (non-hydrogen) atoms. The lowest BCUT2D eigenvalue weighted by Gasteiger charge is -2.16. The van der Waals surface area contributed by atoms with Gasteiger partial charge in [-0.2, -0.15) is 0 Å². The fourth-order valence-corrected chi connectivity index (χ4v) is 3.81. The van der Waals surface area contributed by atoms with Crippen LogP contribution in [0.4, 0.5) is 10.1 Å². The van der Waals surface area contributed by atoms with Crippen molar-refractivity contribution < 1.29 is 14.0 Å². The fraction of sp³-hybridized carbons (Fsp3) is 0.150. The Bertz CT molecular complexity index is 1020. The predicted octanol–water partition coefficient (Wildman–Crippen LogP) is 4.73. The minimum absolute atomic E-state index is 0.0995. The molecule has 2 amide bonds. The van der Waals surface area contributed by atoms with Crippen molar-refractivity contribution >= 4 is 44.8 Å². The quantitative estimate of drug-likeness (QED) is 0.597. The summed E-state index contributed by atoms with van der Waals surface area (Å²) in [5.74, 6) is -0.981. The smallest absolute Gasteiger partial charge is 0.273 e. The van der Waals surface area contributed by atoms with E-state index >= 15 is 0 Å². The van der Waals surface area contributed by atoms with Gasteiger partial charge < -0.3 is 10.2 Å². The topological polar surface area (TPSA) is 62.3 Å². The third-order valence-electron chi connectivity index (χ3n) is 4.00. The molecule has 0 saturated carbocycles. The van der Waals surface area contributed by atoms with Crippen molar-refractivity contribution in [2.45, 2.75) is 6.92 Å². The number of rotatable bonds is 5. The van der Waals surface area contributed by atoms with Crippen molar-refractivity contribution in [1.82, 2.24) is 9.88 Å². The number of anilines is 1. The Hall–Kier alpha value is -2.58. The maximum absolute atomic E-state index is 13.0. The minimum Gasteiger partial charge on any atom is -0.331 e. The second-order valence-electron chi connectivity index (χ2n) is 6.21. The molecule has 0 radical (unpaired) electrons. The molecule has 0 unspecified atom stereocenters. The van der Waals surface area contributed by atoms with Crippen molar-refractivity contribution in [2.24, 2.45) is 0 Å². The van der Waals surface area contributed by atoms with E-state index in [4.69, 9.17) is 0 Å². The minimum atomic E-state index is -0.354. The van der Waals surface area contributed by atoms with Gasteiger partial charge in [0.05, 0.1) is 6.54 Å². The number of carbonyl (C=O) groups is 2. The Morgan fingerprint density at radius 3 is 2.61 bits per heavy atom. The molecule has 5 nitrogen and oxygen atoms in total.